The van der Waals surface area contributed by atoms with Crippen molar-refractivity contribution in [3.8, 4) is 66.8 Å². The normalized spacial score (nSPS) is 12.5. The van der Waals surface area contributed by atoms with Gasteiger partial charge in [0, 0.05) is 97.0 Å². The Hall–Kier alpha value is -18.0. The summed E-state index contributed by atoms with van der Waals surface area (Å²) in [5, 5.41) is 24.8. The molecule has 0 fully saturated rings. The number of rotatable bonds is 6. The third-order valence-corrected chi connectivity index (χ3v) is 27.7. The van der Waals surface area contributed by atoms with Crippen LogP contribution in [0.3, 0.4) is 0 Å². The molecule has 12 heterocycles. The maximum absolute atomic E-state index is 6.65. The molecule has 32 rings (SSSR count). The molecule has 0 aliphatic carbocycles. The van der Waals surface area contributed by atoms with Crippen LogP contribution in [-0.4, -0.2) is 0 Å². The molecular formula is C120H60O12. The first-order chi connectivity index (χ1) is 65.3. The summed E-state index contributed by atoms with van der Waals surface area (Å²) in [5.74, 6) is 0. The number of furan rings is 12. The van der Waals surface area contributed by atoms with Crippen LogP contribution in [0, 0.1) is 0 Å². The van der Waals surface area contributed by atoms with Crippen molar-refractivity contribution in [2.24, 2.45) is 0 Å². The van der Waals surface area contributed by atoms with Crippen LogP contribution in [0.4, 0.5) is 0 Å². The highest BCUT2D eigenvalue weighted by Gasteiger charge is 2.27. The summed E-state index contributed by atoms with van der Waals surface area (Å²) < 4.78 is 77.7. The van der Waals surface area contributed by atoms with Gasteiger partial charge < -0.3 is 53.0 Å². The van der Waals surface area contributed by atoms with Crippen LogP contribution < -0.4 is 0 Å². The van der Waals surface area contributed by atoms with Crippen LogP contribution in [0.5, 0.6) is 0 Å². The fraction of sp³-hybridized carbons (Fsp3) is 0. The van der Waals surface area contributed by atoms with E-state index in [9.17, 15) is 0 Å². The van der Waals surface area contributed by atoms with Gasteiger partial charge in [-0.05, 0) is 285 Å². The summed E-state index contributed by atoms with van der Waals surface area (Å²) in [7, 11) is 0. The predicted octanol–water partition coefficient (Wildman–Crippen LogP) is 36.2. The molecule has 0 saturated carbocycles. The average molecular weight is 1690 g/mol. The summed E-state index contributed by atoms with van der Waals surface area (Å²) in [6.07, 6.45) is 0. The van der Waals surface area contributed by atoms with Crippen molar-refractivity contribution in [3.63, 3.8) is 0 Å². The molecule has 12 nitrogen and oxygen atoms in total. The van der Waals surface area contributed by atoms with E-state index in [0.717, 1.165) is 330 Å². The molecule has 0 amide bonds. The molecule has 0 saturated heterocycles. The zero-order valence-corrected chi connectivity index (χ0v) is 69.5. The van der Waals surface area contributed by atoms with Gasteiger partial charge in [0.25, 0.3) is 0 Å². The van der Waals surface area contributed by atoms with Gasteiger partial charge in [-0.25, -0.2) is 0 Å². The molecule has 0 aliphatic rings. The lowest BCUT2D eigenvalue weighted by Gasteiger charge is -2.12. The van der Waals surface area contributed by atoms with E-state index in [2.05, 4.69) is 273 Å². The fourth-order valence-corrected chi connectivity index (χ4v) is 21.6. The van der Waals surface area contributed by atoms with Gasteiger partial charge in [0.1, 0.15) is 134 Å². The largest absolute Gasteiger partial charge is 0.456 e. The number of hydrogen-bond donors (Lipinski definition) is 0. The predicted molar refractivity (Wildman–Crippen MR) is 533 cm³/mol. The lowest BCUT2D eigenvalue weighted by atomic mass is 9.92. The monoisotopic (exact) mass is 1690 g/mol. The van der Waals surface area contributed by atoms with Crippen LogP contribution in [-0.2, 0) is 0 Å². The minimum atomic E-state index is 0.793. The van der Waals surface area contributed by atoms with E-state index in [4.69, 9.17) is 53.0 Å². The molecule has 0 atom stereocenters. The Morgan fingerprint density at radius 2 is 0.250 bits per heavy atom. The highest BCUT2D eigenvalue weighted by molar-refractivity contribution is 6.29. The second-order valence-corrected chi connectivity index (χ2v) is 35.0. The average Bonchev–Trinajstić information content (AvgIpc) is 1.60. The first-order valence-electron chi connectivity index (χ1n) is 44.2. The van der Waals surface area contributed by atoms with Crippen molar-refractivity contribution in [3.05, 3.63) is 364 Å². The molecule has 12 aromatic heterocycles. The number of fused-ring (bicyclic) bond motifs is 42. The Morgan fingerprint density at radius 3 is 0.477 bits per heavy atom. The lowest BCUT2D eigenvalue weighted by Crippen LogP contribution is -1.87. The van der Waals surface area contributed by atoms with Gasteiger partial charge in [-0.1, -0.05) is 146 Å². The van der Waals surface area contributed by atoms with Crippen LogP contribution in [0.25, 0.3) is 330 Å². The van der Waals surface area contributed by atoms with Crippen molar-refractivity contribution in [1.29, 1.82) is 0 Å². The Morgan fingerprint density at radius 1 is 0.0909 bits per heavy atom. The molecule has 0 radical (unpaired) electrons. The molecule has 0 N–H and O–H groups in total. The summed E-state index contributed by atoms with van der Waals surface area (Å²) in [6.45, 7) is 0. The van der Waals surface area contributed by atoms with Crippen LogP contribution in [0.15, 0.2) is 417 Å². The van der Waals surface area contributed by atoms with Crippen LogP contribution in [0.2, 0.25) is 0 Å². The maximum Gasteiger partial charge on any atom is 0.147 e. The van der Waals surface area contributed by atoms with Crippen molar-refractivity contribution in [1.82, 2.24) is 0 Å². The Bertz CT molecular complexity index is 9770. The zero-order valence-electron chi connectivity index (χ0n) is 69.5. The number of para-hydroxylation sites is 6. The smallest absolute Gasteiger partial charge is 0.147 e. The molecule has 0 bridgehead atoms. The van der Waals surface area contributed by atoms with Gasteiger partial charge in [0.05, 0.1) is 32.3 Å². The van der Waals surface area contributed by atoms with E-state index in [-0.39, 0.29) is 0 Å². The molecule has 20 aromatic carbocycles. The molecule has 0 spiro atoms. The highest BCUT2D eigenvalue weighted by Crippen LogP contribution is 2.51. The first kappa shape index (κ1) is 70.2. The van der Waals surface area contributed by atoms with E-state index < -0.39 is 0 Å². The molecule has 32 aromatic rings. The number of benzene rings is 20. The molecule has 0 unspecified atom stereocenters. The molecular weight excluding hydrogens is 1630 g/mol. The highest BCUT2D eigenvalue weighted by atomic mass is 16.4. The summed E-state index contributed by atoms with van der Waals surface area (Å²) >= 11 is 0. The van der Waals surface area contributed by atoms with E-state index >= 15 is 0 Å². The Kier molecular flexibility index (Phi) is 13.8. The van der Waals surface area contributed by atoms with Gasteiger partial charge in [-0.3, -0.25) is 0 Å². The second-order valence-electron chi connectivity index (χ2n) is 35.0. The van der Waals surface area contributed by atoms with Crippen LogP contribution in [0.1, 0.15) is 0 Å². The second kappa shape index (κ2) is 25.9. The third-order valence-electron chi connectivity index (χ3n) is 27.7. The van der Waals surface area contributed by atoms with Crippen molar-refractivity contribution < 1.29 is 53.0 Å². The number of hydrogen-bond acceptors (Lipinski definition) is 12. The fourth-order valence-electron chi connectivity index (χ4n) is 21.6. The van der Waals surface area contributed by atoms with E-state index in [1.807, 2.05) is 91.0 Å². The van der Waals surface area contributed by atoms with Gasteiger partial charge >= 0.3 is 0 Å². The van der Waals surface area contributed by atoms with Crippen LogP contribution >= 0.6 is 0 Å². The van der Waals surface area contributed by atoms with Gasteiger partial charge in [-0.15, -0.1) is 0 Å². The zero-order chi connectivity index (χ0) is 85.6. The van der Waals surface area contributed by atoms with Gasteiger partial charge in [0.15, 0.2) is 0 Å². The van der Waals surface area contributed by atoms with Gasteiger partial charge in [-0.2, -0.15) is 0 Å². The standard InChI is InChI=1S/2C60H30O6/c1-4-10-46-40(7-1)55-52(61-46)22-16-37-43-28-31(13-19-49(43)64-58(37)55)34-25-35(32-14-20-50-44(29-32)38-17-23-53-56(59(38)65-50)41-8-2-5-11-47(41)62-53)27-36(26-34)33-15-21-51-45(30-33)39-18-24-54-57(60(39)66-51)42-9-3-6-12-48(42)63-54;1-4-10-46-37(7-1)40-16-22-52-55(58(40)64-46)43-28-31(13-19-49(43)61-52)34-25-35(32-14-20-50-44(29-32)56-53(62-50)23-17-41-38-8-2-5-11-47(38)65-59(41)56)27-36(26-34)33-15-21-51-45(30-33)57-54(63-51)24-18-42-39-9-3-6-12-48(39)66-60(42)57/h2*1-30H. The van der Waals surface area contributed by atoms with Crippen molar-refractivity contribution >= 4 is 263 Å². The summed E-state index contributed by atoms with van der Waals surface area (Å²) in [5.41, 5.74) is 32.7. The van der Waals surface area contributed by atoms with E-state index in [0.29, 0.717) is 0 Å². The van der Waals surface area contributed by atoms with Crippen molar-refractivity contribution in [2.45, 2.75) is 0 Å². The lowest BCUT2D eigenvalue weighted by molar-refractivity contribution is 0.662. The Balaban J connectivity index is 0.000000124. The maximum atomic E-state index is 6.65. The Labute approximate surface area is 742 Å². The minimum absolute atomic E-state index is 0.793. The summed E-state index contributed by atoms with van der Waals surface area (Å²) in [4.78, 5) is 0. The van der Waals surface area contributed by atoms with Crippen molar-refractivity contribution in [2.75, 3.05) is 0 Å². The summed E-state index contributed by atoms with van der Waals surface area (Å²) in [6, 6.07) is 127. The molecule has 612 valence electrons. The van der Waals surface area contributed by atoms with Gasteiger partial charge in [0.2, 0.25) is 0 Å². The van der Waals surface area contributed by atoms with E-state index in [1.54, 1.807) is 0 Å². The topological polar surface area (TPSA) is 158 Å². The molecule has 12 heteroatoms. The quantitative estimate of drug-likeness (QED) is 0.155. The first-order valence-corrected chi connectivity index (χ1v) is 44.2. The molecule has 132 heavy (non-hydrogen) atoms. The minimum Gasteiger partial charge on any atom is -0.456 e. The molecule has 0 aliphatic heterocycles. The SMILES string of the molecule is c1ccc2c(c1)oc1c2ccc2oc3ccc(-c4cc(-c5ccc6oc7ccc8c9ccccc9oc8c7c6c5)cc(-c5ccc6oc7ccc8c9ccccc9oc8c7c6c5)c4)cc3c21.c1ccc2c(c1)oc1ccc3c4cc(-c5cc(-c6ccc7oc8c(ccc9oc%10ccccc%10c98)c7c6)cc(-c6ccc7oc8c(ccc9oc%10ccccc%10c98)c7c6)c5)ccc4oc3c12. The van der Waals surface area contributed by atoms with E-state index in [1.165, 1.54) is 0 Å². The third kappa shape index (κ3) is 9.97.